The van der Waals surface area contributed by atoms with Crippen LogP contribution in [0.25, 0.3) is 0 Å². The molecule has 2 aliphatic rings. The number of hydrogen-bond donors (Lipinski definition) is 2. The van der Waals surface area contributed by atoms with Crippen LogP contribution in [0.15, 0.2) is 60.0 Å². The number of aromatic nitrogens is 2. The number of nitrogens with one attached hydrogen (secondary N) is 1. The number of nitrogens with zero attached hydrogens (tertiary/aromatic N) is 3. The van der Waals surface area contributed by atoms with Crippen LogP contribution in [0.2, 0.25) is 5.02 Å². The van der Waals surface area contributed by atoms with E-state index >= 15 is 0 Å². The number of H-pyrrole nitrogens is 1. The number of rotatable bonds is 4. The summed E-state index contributed by atoms with van der Waals surface area (Å²) in [5, 5.41) is 18.0. The van der Waals surface area contributed by atoms with E-state index in [0.717, 1.165) is 17.7 Å². The molecule has 1 amide bonds. The molecule has 3 aromatic rings. The second-order valence-corrected chi connectivity index (χ2v) is 8.24. The summed E-state index contributed by atoms with van der Waals surface area (Å²) in [7, 11) is 0. The Morgan fingerprint density at radius 1 is 1.25 bits per heavy atom. The third-order valence-corrected chi connectivity index (χ3v) is 6.44. The lowest BCUT2D eigenvalue weighted by Gasteiger charge is -2.33. The summed E-state index contributed by atoms with van der Waals surface area (Å²) in [4.78, 5) is 16.0. The first-order chi connectivity index (χ1) is 15.5. The minimum absolute atomic E-state index is 0.0721. The molecule has 0 aliphatic carbocycles. The molecule has 8 heteroatoms. The summed E-state index contributed by atoms with van der Waals surface area (Å²) < 4.78 is 5.69. The summed E-state index contributed by atoms with van der Waals surface area (Å²) in [5.74, 6) is -0.161. The highest BCUT2D eigenvalue weighted by Gasteiger charge is 2.60. The quantitative estimate of drug-likeness (QED) is 0.632. The van der Waals surface area contributed by atoms with Crippen molar-refractivity contribution in [3.8, 4) is 11.9 Å². The van der Waals surface area contributed by atoms with E-state index in [1.165, 1.54) is 0 Å². The highest BCUT2D eigenvalue weighted by atomic mass is 35.5. The lowest BCUT2D eigenvalue weighted by Crippen LogP contribution is -2.46. The van der Waals surface area contributed by atoms with Gasteiger partial charge in [-0.3, -0.25) is 9.89 Å². The van der Waals surface area contributed by atoms with Crippen LogP contribution < -0.4 is 15.4 Å². The average Bonchev–Trinajstić information content (AvgIpc) is 3.29. The molecule has 2 aliphatic heterocycles. The van der Waals surface area contributed by atoms with Gasteiger partial charge in [-0.25, -0.2) is 0 Å². The molecule has 3 heterocycles. The van der Waals surface area contributed by atoms with Crippen LogP contribution in [0, 0.1) is 11.3 Å². The van der Waals surface area contributed by atoms with E-state index in [9.17, 15) is 10.1 Å². The van der Waals surface area contributed by atoms with E-state index in [0.29, 0.717) is 28.3 Å². The molecule has 0 saturated carbocycles. The van der Waals surface area contributed by atoms with Crippen molar-refractivity contribution in [2.75, 3.05) is 4.90 Å². The molecule has 1 unspecified atom stereocenters. The molecular weight excluding hydrogens is 426 g/mol. The number of ether oxygens (including phenoxy) is 1. The van der Waals surface area contributed by atoms with Crippen molar-refractivity contribution in [1.82, 2.24) is 10.2 Å². The lowest BCUT2D eigenvalue weighted by molar-refractivity contribution is -0.121. The third kappa shape index (κ3) is 2.60. The van der Waals surface area contributed by atoms with Crippen molar-refractivity contribution in [3.05, 3.63) is 87.4 Å². The van der Waals surface area contributed by atoms with Gasteiger partial charge >= 0.3 is 0 Å². The fourth-order valence-electron chi connectivity index (χ4n) is 4.74. The van der Waals surface area contributed by atoms with Crippen molar-refractivity contribution >= 4 is 23.2 Å². The molecule has 0 saturated heterocycles. The maximum Gasteiger partial charge on any atom is 0.248 e. The third-order valence-electron chi connectivity index (χ3n) is 6.07. The van der Waals surface area contributed by atoms with Gasteiger partial charge in [0.25, 0.3) is 0 Å². The Morgan fingerprint density at radius 3 is 2.75 bits per heavy atom. The number of benzene rings is 2. The van der Waals surface area contributed by atoms with Crippen molar-refractivity contribution in [1.29, 1.82) is 5.26 Å². The Labute approximate surface area is 190 Å². The fourth-order valence-corrected chi connectivity index (χ4v) is 4.94. The zero-order chi connectivity index (χ0) is 22.5. The van der Waals surface area contributed by atoms with Gasteiger partial charge in [0.05, 0.1) is 12.1 Å². The summed E-state index contributed by atoms with van der Waals surface area (Å²) in [6.45, 7) is 2.29. The number of aryl methyl sites for hydroxylation is 1. The molecule has 160 valence electrons. The number of anilines is 1. The van der Waals surface area contributed by atoms with E-state index in [4.69, 9.17) is 22.1 Å². The molecule has 0 bridgehead atoms. The Hall–Kier alpha value is -3.76. The average molecular weight is 446 g/mol. The van der Waals surface area contributed by atoms with Crippen molar-refractivity contribution in [3.63, 3.8) is 0 Å². The van der Waals surface area contributed by atoms with Gasteiger partial charge in [-0.1, -0.05) is 61.3 Å². The van der Waals surface area contributed by atoms with Crippen LogP contribution in [-0.4, -0.2) is 16.1 Å². The van der Waals surface area contributed by atoms with Gasteiger partial charge in [-0.2, -0.15) is 5.26 Å². The standard InChI is InChI=1S/C24H20ClN5O2/c1-2-7-18-20-22(29-28-18)32-21(27)16(12-26)24(20)15-9-4-6-11-19(15)30(23(24)31)13-14-8-3-5-10-17(14)25/h3-6,8-11H,2,7,13,27H2,1H3,(H,28,29). The number of aromatic amines is 1. The second-order valence-electron chi connectivity index (χ2n) is 7.84. The number of nitriles is 1. The SMILES string of the molecule is CCCc1[nH]nc2c1C1(C(=O)N(Cc3ccccc3Cl)c3ccccc31)C(C#N)=C(N)O2. The summed E-state index contributed by atoms with van der Waals surface area (Å²) in [6.07, 6.45) is 1.47. The first kappa shape index (κ1) is 20.2. The molecule has 7 nitrogen and oxygen atoms in total. The van der Waals surface area contributed by atoms with Crippen LogP contribution in [0.4, 0.5) is 5.69 Å². The first-order valence-electron chi connectivity index (χ1n) is 10.3. The molecule has 5 rings (SSSR count). The topological polar surface area (TPSA) is 108 Å². The van der Waals surface area contributed by atoms with Crippen molar-refractivity contribution in [2.24, 2.45) is 5.73 Å². The predicted octanol–water partition coefficient (Wildman–Crippen LogP) is 3.93. The Balaban J connectivity index is 1.79. The van der Waals surface area contributed by atoms with Crippen molar-refractivity contribution in [2.45, 2.75) is 31.7 Å². The summed E-state index contributed by atoms with van der Waals surface area (Å²) in [5.41, 5.74) is 8.32. The molecule has 0 fully saturated rings. The maximum absolute atomic E-state index is 14.3. The number of amides is 1. The molecular formula is C24H20ClN5O2. The number of carbonyl (C=O) groups excluding carboxylic acids is 1. The zero-order valence-corrected chi connectivity index (χ0v) is 18.1. The van der Waals surface area contributed by atoms with Gasteiger partial charge in [0, 0.05) is 22.0 Å². The largest absolute Gasteiger partial charge is 0.420 e. The van der Waals surface area contributed by atoms with E-state index in [-0.39, 0.29) is 29.8 Å². The van der Waals surface area contributed by atoms with Gasteiger partial charge in [-0.15, -0.1) is 5.10 Å². The van der Waals surface area contributed by atoms with E-state index in [2.05, 4.69) is 16.3 Å². The summed E-state index contributed by atoms with van der Waals surface area (Å²) in [6, 6.07) is 17.0. The van der Waals surface area contributed by atoms with Crippen LogP contribution in [-0.2, 0) is 23.2 Å². The lowest BCUT2D eigenvalue weighted by atomic mass is 9.68. The van der Waals surface area contributed by atoms with Crippen LogP contribution in [0.5, 0.6) is 5.88 Å². The Bertz CT molecular complexity index is 1320. The maximum atomic E-state index is 14.3. The number of nitrogens with two attached hydrogens (primary N) is 1. The molecule has 2 aromatic carbocycles. The number of carbonyl (C=O) groups is 1. The van der Waals surface area contributed by atoms with Gasteiger partial charge in [0.1, 0.15) is 17.1 Å². The second kappa shape index (κ2) is 7.43. The number of fused-ring (bicyclic) bond motifs is 4. The number of para-hydroxylation sites is 1. The number of hydrogen-bond acceptors (Lipinski definition) is 5. The molecule has 32 heavy (non-hydrogen) atoms. The normalized spacial score (nSPS) is 19.0. The Kier molecular flexibility index (Phi) is 4.68. The Morgan fingerprint density at radius 2 is 2.00 bits per heavy atom. The molecule has 0 radical (unpaired) electrons. The first-order valence-corrected chi connectivity index (χ1v) is 10.7. The van der Waals surface area contributed by atoms with E-state index in [1.54, 1.807) is 11.0 Å². The van der Waals surface area contributed by atoms with E-state index in [1.807, 2.05) is 49.4 Å². The molecule has 1 spiro atoms. The van der Waals surface area contributed by atoms with Crippen LogP contribution in [0.1, 0.15) is 35.7 Å². The molecule has 1 atom stereocenters. The monoisotopic (exact) mass is 445 g/mol. The predicted molar refractivity (Wildman–Crippen MR) is 120 cm³/mol. The highest BCUT2D eigenvalue weighted by Crippen LogP contribution is 2.56. The number of halogens is 1. The summed E-state index contributed by atoms with van der Waals surface area (Å²) >= 11 is 6.41. The minimum atomic E-state index is -1.43. The minimum Gasteiger partial charge on any atom is -0.420 e. The van der Waals surface area contributed by atoms with E-state index < -0.39 is 5.41 Å². The van der Waals surface area contributed by atoms with Crippen LogP contribution in [0.3, 0.4) is 0 Å². The van der Waals surface area contributed by atoms with Crippen molar-refractivity contribution < 1.29 is 9.53 Å². The molecule has 3 N–H and O–H groups in total. The van der Waals surface area contributed by atoms with Gasteiger partial charge in [-0.05, 0) is 24.1 Å². The zero-order valence-electron chi connectivity index (χ0n) is 17.4. The highest BCUT2D eigenvalue weighted by molar-refractivity contribution is 6.31. The van der Waals surface area contributed by atoms with Gasteiger partial charge in [0.2, 0.25) is 17.7 Å². The smallest absolute Gasteiger partial charge is 0.248 e. The van der Waals surface area contributed by atoms with Gasteiger partial charge < -0.3 is 15.4 Å². The van der Waals surface area contributed by atoms with Crippen LogP contribution >= 0.6 is 11.6 Å². The van der Waals surface area contributed by atoms with Gasteiger partial charge in [0.15, 0.2) is 0 Å². The molecule has 1 aromatic heterocycles. The fraction of sp³-hybridized carbons (Fsp3) is 0.208.